The van der Waals surface area contributed by atoms with Gasteiger partial charge in [0.2, 0.25) is 0 Å². The summed E-state index contributed by atoms with van der Waals surface area (Å²) in [4.78, 5) is 6.21. The van der Waals surface area contributed by atoms with Gasteiger partial charge in [0.25, 0.3) is 0 Å². The minimum absolute atomic E-state index is 0.0296. The number of rotatable bonds is 3. The van der Waals surface area contributed by atoms with E-state index in [1.807, 2.05) is 38.1 Å². The van der Waals surface area contributed by atoms with Gasteiger partial charge in [0.15, 0.2) is 0 Å². The number of pyridine rings is 1. The van der Waals surface area contributed by atoms with E-state index in [9.17, 15) is 0 Å². The van der Waals surface area contributed by atoms with Crippen molar-refractivity contribution in [2.75, 3.05) is 24.3 Å². The maximum Gasteiger partial charge on any atom is 0.128 e. The zero-order valence-electron chi connectivity index (χ0n) is 8.78. The van der Waals surface area contributed by atoms with Crippen LogP contribution in [0.4, 0.5) is 11.5 Å². The SMILES string of the molecule is C#CC(C)Nc1ccc(N(C)C)nc1. The highest BCUT2D eigenvalue weighted by Crippen LogP contribution is 2.12. The summed E-state index contributed by atoms with van der Waals surface area (Å²) in [5, 5.41) is 3.14. The van der Waals surface area contributed by atoms with Crippen LogP contribution in [0.3, 0.4) is 0 Å². The van der Waals surface area contributed by atoms with Crippen LogP contribution in [-0.4, -0.2) is 25.1 Å². The average Bonchev–Trinajstić information content (AvgIpc) is 2.18. The molecule has 74 valence electrons. The predicted octanol–water partition coefficient (Wildman–Crippen LogP) is 1.58. The highest BCUT2D eigenvalue weighted by atomic mass is 15.1. The van der Waals surface area contributed by atoms with E-state index in [4.69, 9.17) is 6.42 Å². The molecule has 1 heterocycles. The topological polar surface area (TPSA) is 28.2 Å². The molecule has 1 atom stereocenters. The van der Waals surface area contributed by atoms with Crippen LogP contribution < -0.4 is 10.2 Å². The van der Waals surface area contributed by atoms with Crippen LogP contribution in [0.5, 0.6) is 0 Å². The normalized spacial score (nSPS) is 11.6. The molecule has 1 aromatic heterocycles. The van der Waals surface area contributed by atoms with Gasteiger partial charge < -0.3 is 10.2 Å². The third-order valence-electron chi connectivity index (χ3n) is 1.84. The monoisotopic (exact) mass is 189 g/mol. The molecule has 1 unspecified atom stereocenters. The van der Waals surface area contributed by atoms with Gasteiger partial charge >= 0.3 is 0 Å². The van der Waals surface area contributed by atoms with Gasteiger partial charge in [0.05, 0.1) is 17.9 Å². The fourth-order valence-electron chi connectivity index (χ4n) is 1.03. The maximum absolute atomic E-state index is 5.26. The Morgan fingerprint density at radius 3 is 2.64 bits per heavy atom. The quantitative estimate of drug-likeness (QED) is 0.732. The van der Waals surface area contributed by atoms with Crippen molar-refractivity contribution in [3.63, 3.8) is 0 Å². The fourth-order valence-corrected chi connectivity index (χ4v) is 1.03. The van der Waals surface area contributed by atoms with Crippen LogP contribution in [0.1, 0.15) is 6.92 Å². The van der Waals surface area contributed by atoms with E-state index >= 15 is 0 Å². The second-order valence-electron chi connectivity index (χ2n) is 3.33. The van der Waals surface area contributed by atoms with Crippen LogP contribution >= 0.6 is 0 Å². The molecule has 3 nitrogen and oxygen atoms in total. The smallest absolute Gasteiger partial charge is 0.128 e. The van der Waals surface area contributed by atoms with Crippen molar-refractivity contribution in [2.24, 2.45) is 0 Å². The third kappa shape index (κ3) is 2.67. The molecule has 0 aliphatic rings. The summed E-state index contributed by atoms with van der Waals surface area (Å²) < 4.78 is 0. The van der Waals surface area contributed by atoms with Crippen molar-refractivity contribution in [3.05, 3.63) is 18.3 Å². The molecule has 1 aromatic rings. The zero-order chi connectivity index (χ0) is 10.6. The summed E-state index contributed by atoms with van der Waals surface area (Å²) in [6.45, 7) is 1.93. The molecule has 3 heteroatoms. The van der Waals surface area contributed by atoms with Gasteiger partial charge in [-0.3, -0.25) is 0 Å². The Labute approximate surface area is 85.1 Å². The minimum atomic E-state index is 0.0296. The minimum Gasteiger partial charge on any atom is -0.371 e. The van der Waals surface area contributed by atoms with Crippen LogP contribution in [0.2, 0.25) is 0 Å². The number of anilines is 2. The Bertz CT molecular complexity index is 321. The van der Waals surface area contributed by atoms with Crippen molar-refractivity contribution >= 4 is 11.5 Å². The summed E-state index contributed by atoms with van der Waals surface area (Å²) in [6, 6.07) is 3.95. The fraction of sp³-hybridized carbons (Fsp3) is 0.364. The Morgan fingerprint density at radius 1 is 1.50 bits per heavy atom. The van der Waals surface area contributed by atoms with Gasteiger partial charge in [-0.2, -0.15) is 0 Å². The molecular weight excluding hydrogens is 174 g/mol. The van der Waals surface area contributed by atoms with E-state index in [1.54, 1.807) is 6.20 Å². The second kappa shape index (κ2) is 4.52. The van der Waals surface area contributed by atoms with Crippen molar-refractivity contribution < 1.29 is 0 Å². The van der Waals surface area contributed by atoms with E-state index < -0.39 is 0 Å². The first-order valence-electron chi connectivity index (χ1n) is 4.49. The molecule has 0 saturated carbocycles. The molecule has 14 heavy (non-hydrogen) atoms. The van der Waals surface area contributed by atoms with Crippen molar-refractivity contribution in [3.8, 4) is 12.3 Å². The number of hydrogen-bond acceptors (Lipinski definition) is 3. The highest BCUT2D eigenvalue weighted by molar-refractivity contribution is 5.49. The zero-order valence-corrected chi connectivity index (χ0v) is 8.78. The molecule has 0 fully saturated rings. The standard InChI is InChI=1S/C11H15N3/c1-5-9(2)13-10-6-7-11(12-8-10)14(3)4/h1,6-9,13H,2-4H3. The van der Waals surface area contributed by atoms with E-state index in [2.05, 4.69) is 16.2 Å². The molecule has 0 aliphatic carbocycles. The van der Waals surface area contributed by atoms with Gasteiger partial charge in [0, 0.05) is 14.1 Å². The first kappa shape index (κ1) is 10.4. The molecule has 0 bridgehead atoms. The van der Waals surface area contributed by atoms with Crippen molar-refractivity contribution in [2.45, 2.75) is 13.0 Å². The summed E-state index contributed by atoms with van der Waals surface area (Å²) in [7, 11) is 3.92. The summed E-state index contributed by atoms with van der Waals surface area (Å²) in [5.74, 6) is 3.54. The van der Waals surface area contributed by atoms with E-state index in [1.165, 1.54) is 0 Å². The van der Waals surface area contributed by atoms with Crippen LogP contribution in [0, 0.1) is 12.3 Å². The summed E-state index contributed by atoms with van der Waals surface area (Å²) >= 11 is 0. The number of nitrogens with one attached hydrogen (secondary N) is 1. The van der Waals surface area contributed by atoms with Crippen LogP contribution in [0.25, 0.3) is 0 Å². The van der Waals surface area contributed by atoms with Crippen molar-refractivity contribution in [1.29, 1.82) is 0 Å². The lowest BCUT2D eigenvalue weighted by Crippen LogP contribution is -2.13. The first-order chi connectivity index (χ1) is 6.63. The molecule has 0 saturated heterocycles. The summed E-state index contributed by atoms with van der Waals surface area (Å²) in [6.07, 6.45) is 7.04. The van der Waals surface area contributed by atoms with E-state index in [0.29, 0.717) is 0 Å². The van der Waals surface area contributed by atoms with E-state index in [0.717, 1.165) is 11.5 Å². The maximum atomic E-state index is 5.26. The molecule has 0 radical (unpaired) electrons. The average molecular weight is 189 g/mol. The molecule has 0 amide bonds. The Morgan fingerprint density at radius 2 is 2.21 bits per heavy atom. The number of nitrogens with zero attached hydrogens (tertiary/aromatic N) is 2. The second-order valence-corrected chi connectivity index (χ2v) is 3.33. The number of aromatic nitrogens is 1. The predicted molar refractivity (Wildman–Crippen MR) is 60.5 cm³/mol. The van der Waals surface area contributed by atoms with Gasteiger partial charge in [-0.15, -0.1) is 6.42 Å². The lowest BCUT2D eigenvalue weighted by atomic mass is 10.3. The largest absolute Gasteiger partial charge is 0.371 e. The Hall–Kier alpha value is -1.69. The van der Waals surface area contributed by atoms with Crippen LogP contribution in [-0.2, 0) is 0 Å². The molecule has 0 aromatic carbocycles. The lowest BCUT2D eigenvalue weighted by molar-refractivity contribution is 1.02. The Balaban J connectivity index is 2.70. The van der Waals surface area contributed by atoms with Gasteiger partial charge in [-0.25, -0.2) is 4.98 Å². The van der Waals surface area contributed by atoms with Gasteiger partial charge in [-0.1, -0.05) is 5.92 Å². The van der Waals surface area contributed by atoms with Gasteiger partial charge in [0.1, 0.15) is 5.82 Å². The summed E-state index contributed by atoms with van der Waals surface area (Å²) in [5.41, 5.74) is 0.945. The molecule has 0 spiro atoms. The molecule has 1 rings (SSSR count). The lowest BCUT2D eigenvalue weighted by Gasteiger charge is -2.13. The highest BCUT2D eigenvalue weighted by Gasteiger charge is 1.99. The number of hydrogen-bond donors (Lipinski definition) is 1. The Kier molecular flexibility index (Phi) is 3.35. The van der Waals surface area contributed by atoms with Gasteiger partial charge in [-0.05, 0) is 19.1 Å². The first-order valence-corrected chi connectivity index (χ1v) is 4.49. The van der Waals surface area contributed by atoms with Crippen molar-refractivity contribution in [1.82, 2.24) is 4.98 Å². The molecule has 0 aliphatic heterocycles. The molecule has 1 N–H and O–H groups in total. The number of terminal acetylenes is 1. The third-order valence-corrected chi connectivity index (χ3v) is 1.84. The molecular formula is C11H15N3. The van der Waals surface area contributed by atoms with E-state index in [-0.39, 0.29) is 6.04 Å². The van der Waals surface area contributed by atoms with Crippen LogP contribution in [0.15, 0.2) is 18.3 Å².